The van der Waals surface area contributed by atoms with E-state index < -0.39 is 90.7 Å². The van der Waals surface area contributed by atoms with Crippen molar-refractivity contribution in [3.63, 3.8) is 0 Å². The fraction of sp³-hybridized carbons (Fsp3) is 0.618. The number of hydrogen-bond acceptors (Lipinski definition) is 12. The molecule has 1 aliphatic heterocycles. The van der Waals surface area contributed by atoms with Gasteiger partial charge in [-0.15, -0.1) is 0 Å². The molecule has 0 spiro atoms. The molecule has 416 valence electrons. The number of aliphatic hydroxyl groups is 1. The number of carbonyl (C=O) groups is 9. The second-order valence-corrected chi connectivity index (χ2v) is 19.9. The van der Waals surface area contributed by atoms with Gasteiger partial charge in [-0.3, -0.25) is 38.4 Å². The number of carboxylic acid groups (broad SMARTS) is 1. The number of aromatic hydroxyl groups is 2. The van der Waals surface area contributed by atoms with Crippen molar-refractivity contribution in [2.45, 2.75) is 174 Å². The Balaban J connectivity index is 1.64. The van der Waals surface area contributed by atoms with E-state index in [-0.39, 0.29) is 65.8 Å². The van der Waals surface area contributed by atoms with Crippen LogP contribution in [-0.2, 0) is 49.6 Å². The number of carboxylic acids is 1. The molecule has 1 aliphatic rings. The molecule has 75 heavy (non-hydrogen) atoms. The molecule has 3 rings (SSSR count). The van der Waals surface area contributed by atoms with Gasteiger partial charge >= 0.3 is 5.97 Å². The van der Waals surface area contributed by atoms with Crippen LogP contribution in [-0.4, -0.2) is 153 Å². The number of carbonyl (C=O) groups excluding carboxylic acids is 8. The largest absolute Gasteiger partial charge is 0.507 e. The predicted molar refractivity (Wildman–Crippen MR) is 282 cm³/mol. The molecule has 20 heteroatoms. The first-order valence-corrected chi connectivity index (χ1v) is 26.6. The van der Waals surface area contributed by atoms with E-state index in [0.717, 1.165) is 35.5 Å². The molecule has 2 aromatic rings. The summed E-state index contributed by atoms with van der Waals surface area (Å²) in [4.78, 5) is 120. The third-order valence-corrected chi connectivity index (χ3v) is 13.9. The molecular weight excluding hydrogens is 967 g/mol. The molecule has 8 N–H and O–H groups in total. The lowest BCUT2D eigenvalue weighted by Crippen LogP contribution is -2.55. The fourth-order valence-corrected chi connectivity index (χ4v) is 9.00. The highest BCUT2D eigenvalue weighted by Crippen LogP contribution is 2.39. The van der Waals surface area contributed by atoms with Crippen LogP contribution in [0.3, 0.4) is 0 Å². The number of aliphatic carboxylic acids is 1. The quantitative estimate of drug-likeness (QED) is 0.0453. The topological polar surface area (TPSA) is 292 Å². The molecule has 0 unspecified atom stereocenters. The third-order valence-electron chi connectivity index (χ3n) is 13.9. The van der Waals surface area contributed by atoms with Gasteiger partial charge in [0.1, 0.15) is 35.7 Å². The number of benzene rings is 2. The number of aliphatic hydroxyl groups excluding tert-OH is 1. The van der Waals surface area contributed by atoms with Gasteiger partial charge in [0, 0.05) is 44.1 Å². The highest BCUT2D eigenvalue weighted by Gasteiger charge is 2.35. The zero-order valence-electron chi connectivity index (χ0n) is 45.1. The van der Waals surface area contributed by atoms with Crippen molar-refractivity contribution in [3.8, 4) is 22.6 Å². The van der Waals surface area contributed by atoms with Crippen LogP contribution in [0.4, 0.5) is 0 Å². The first-order valence-electron chi connectivity index (χ1n) is 26.6. The van der Waals surface area contributed by atoms with Gasteiger partial charge in [-0.05, 0) is 81.8 Å². The molecule has 1 saturated heterocycles. The molecule has 6 atom stereocenters. The molecule has 0 saturated carbocycles. The van der Waals surface area contributed by atoms with Gasteiger partial charge < -0.3 is 56.4 Å². The average Bonchev–Trinajstić information content (AvgIpc) is 3.88. The highest BCUT2D eigenvalue weighted by molar-refractivity contribution is 5.96. The van der Waals surface area contributed by atoms with Crippen molar-refractivity contribution >= 4 is 53.1 Å². The average molecular weight is 1050 g/mol. The standard InChI is InChI=1S/C55H83N7O13/c1-8-9-10-11-12-13-14-15-16-17-18-19-20-23-47(67)60(6)44(34-63)53(72)59-37(4)52(71)57-32-48(68)61(7)50(54(73)58-36(3)38(5)64)40-25-27-46(66)42(31-40)41-30-39(24-26-45(41)65)29-35(2)51(70)56-33-49(69)62-28-21-22-43(62)55(74)75/h24-27,30-31,35-37,43-44,50,63,65-66H,8-23,28-29,32-34H2,1-7H3,(H,56,70)(H,57,71)(H,58,73)(H,59,72)(H,74,75)/t35-,36-,37+,43-,44+,50-/m0/s1. The lowest BCUT2D eigenvalue weighted by Gasteiger charge is -2.29. The summed E-state index contributed by atoms with van der Waals surface area (Å²) in [7, 11) is 2.71. The summed E-state index contributed by atoms with van der Waals surface area (Å²) in [6.07, 6.45) is 16.2. The van der Waals surface area contributed by atoms with E-state index in [1.165, 1.54) is 121 Å². The monoisotopic (exact) mass is 1050 g/mol. The van der Waals surface area contributed by atoms with Crippen LogP contribution in [0.5, 0.6) is 11.5 Å². The van der Waals surface area contributed by atoms with Gasteiger partial charge in [0.15, 0.2) is 5.78 Å². The number of amides is 7. The summed E-state index contributed by atoms with van der Waals surface area (Å²) in [5, 5.41) is 51.8. The Morgan fingerprint density at radius 2 is 1.21 bits per heavy atom. The van der Waals surface area contributed by atoms with Gasteiger partial charge in [0.2, 0.25) is 41.4 Å². The SMILES string of the molecule is CCCCCCCCCCCCCCCC(=O)N(C)[C@H](CO)C(=O)N[C@H](C)C(=O)NCC(=O)N(C)[C@H](C(=O)N[C@@H](C)C(C)=O)c1ccc(O)c(-c2cc(C[C@H](C)C(=O)NCC(=O)N3CCC[C@H]3C(=O)O)ccc2O)c1. The van der Waals surface area contributed by atoms with E-state index in [4.69, 9.17) is 0 Å². The second-order valence-electron chi connectivity index (χ2n) is 19.9. The Bertz CT molecular complexity index is 2270. The second kappa shape index (κ2) is 32.0. The molecule has 20 nitrogen and oxygen atoms in total. The molecule has 2 aromatic carbocycles. The van der Waals surface area contributed by atoms with Gasteiger partial charge in [-0.2, -0.15) is 0 Å². The van der Waals surface area contributed by atoms with Gasteiger partial charge in [0.05, 0.1) is 25.7 Å². The maximum Gasteiger partial charge on any atom is 0.326 e. The van der Waals surface area contributed by atoms with Crippen LogP contribution in [0.15, 0.2) is 36.4 Å². The minimum absolute atomic E-state index is 0.0393. The number of Topliss-reactive ketones (excluding diaryl/α,β-unsaturated/α-hetero) is 1. The number of phenols is 2. The smallest absolute Gasteiger partial charge is 0.326 e. The van der Waals surface area contributed by atoms with Crippen molar-refractivity contribution < 1.29 is 63.6 Å². The maximum atomic E-state index is 14.0. The van der Waals surface area contributed by atoms with E-state index in [0.29, 0.717) is 24.8 Å². The first-order chi connectivity index (χ1) is 35.6. The molecular formula is C55H83N7O13. The van der Waals surface area contributed by atoms with E-state index in [9.17, 15) is 63.6 Å². The summed E-state index contributed by atoms with van der Waals surface area (Å²) in [6, 6.07) is 2.58. The summed E-state index contributed by atoms with van der Waals surface area (Å²) in [5.74, 6) is -7.23. The molecule has 0 aromatic heterocycles. The van der Waals surface area contributed by atoms with Crippen molar-refractivity contribution in [2.75, 3.05) is 40.3 Å². The number of likely N-dealkylation sites (N-methyl/N-ethyl adjacent to an activating group) is 2. The number of ketones is 1. The van der Waals surface area contributed by atoms with E-state index in [1.54, 1.807) is 13.0 Å². The Labute approximate surface area is 441 Å². The molecule has 1 heterocycles. The third kappa shape index (κ3) is 19.9. The molecule has 1 fully saturated rings. The Morgan fingerprint density at radius 1 is 0.667 bits per heavy atom. The predicted octanol–water partition coefficient (Wildman–Crippen LogP) is 4.65. The van der Waals surface area contributed by atoms with Crippen molar-refractivity contribution in [1.82, 2.24) is 36.0 Å². The van der Waals surface area contributed by atoms with E-state index in [1.807, 2.05) is 0 Å². The minimum Gasteiger partial charge on any atom is -0.507 e. The van der Waals surface area contributed by atoms with Crippen LogP contribution >= 0.6 is 0 Å². The summed E-state index contributed by atoms with van der Waals surface area (Å²) < 4.78 is 0. The molecule has 0 bridgehead atoms. The molecule has 0 aliphatic carbocycles. The Hall–Kier alpha value is -6.57. The summed E-state index contributed by atoms with van der Waals surface area (Å²) >= 11 is 0. The first kappa shape index (κ1) is 62.7. The Morgan fingerprint density at radius 3 is 1.79 bits per heavy atom. The van der Waals surface area contributed by atoms with Crippen LogP contribution in [0.1, 0.15) is 155 Å². The minimum atomic E-state index is -1.46. The van der Waals surface area contributed by atoms with Crippen LogP contribution < -0.4 is 21.3 Å². The fourth-order valence-electron chi connectivity index (χ4n) is 9.00. The van der Waals surface area contributed by atoms with Crippen molar-refractivity contribution in [1.29, 1.82) is 0 Å². The molecule has 0 radical (unpaired) electrons. The van der Waals surface area contributed by atoms with Crippen LogP contribution in [0.2, 0.25) is 0 Å². The Kier molecular flexibility index (Phi) is 26.8. The number of nitrogens with zero attached hydrogens (tertiary/aromatic N) is 3. The lowest BCUT2D eigenvalue weighted by atomic mass is 9.93. The zero-order chi connectivity index (χ0) is 55.8. The van der Waals surface area contributed by atoms with Gasteiger partial charge in [0.25, 0.3) is 0 Å². The van der Waals surface area contributed by atoms with Gasteiger partial charge in [-0.1, -0.05) is 103 Å². The van der Waals surface area contributed by atoms with Crippen molar-refractivity contribution in [2.24, 2.45) is 5.92 Å². The van der Waals surface area contributed by atoms with Crippen LogP contribution in [0, 0.1) is 5.92 Å². The summed E-state index contributed by atoms with van der Waals surface area (Å²) in [5.41, 5.74) is 0.813. The number of nitrogens with one attached hydrogen (secondary N) is 4. The van der Waals surface area contributed by atoms with Crippen LogP contribution in [0.25, 0.3) is 11.1 Å². The van der Waals surface area contributed by atoms with Gasteiger partial charge in [-0.25, -0.2) is 4.79 Å². The summed E-state index contributed by atoms with van der Waals surface area (Å²) in [6.45, 7) is 6.47. The molecule has 7 amide bonds. The van der Waals surface area contributed by atoms with Crippen molar-refractivity contribution in [3.05, 3.63) is 47.5 Å². The van der Waals surface area contributed by atoms with E-state index in [2.05, 4.69) is 28.2 Å². The number of likely N-dealkylation sites (tertiary alicyclic amines) is 1. The lowest BCUT2D eigenvalue weighted by molar-refractivity contribution is -0.148. The normalized spacial score (nSPS) is 15.1. The number of unbranched alkanes of at least 4 members (excludes halogenated alkanes) is 12. The highest BCUT2D eigenvalue weighted by atomic mass is 16.4. The number of phenolic OH excluding ortho intramolecular Hbond substituents is 2. The van der Waals surface area contributed by atoms with E-state index >= 15 is 0 Å². The zero-order valence-corrected chi connectivity index (χ0v) is 45.1. The number of rotatable bonds is 33. The maximum absolute atomic E-state index is 14.0. The number of hydrogen-bond donors (Lipinski definition) is 8.